The van der Waals surface area contributed by atoms with Gasteiger partial charge in [-0.25, -0.2) is 0 Å². The zero-order valence-electron chi connectivity index (χ0n) is 34.5. The first-order chi connectivity index (χ1) is 28.4. The Morgan fingerprint density at radius 3 is 1.73 bits per heavy atom. The Hall–Kier alpha value is -6.43. The van der Waals surface area contributed by atoms with Crippen molar-refractivity contribution in [1.82, 2.24) is 0 Å². The molecule has 12 heteroatoms. The summed E-state index contributed by atoms with van der Waals surface area (Å²) in [6.45, 7) is 8.67. The Labute approximate surface area is 342 Å². The average Bonchev–Trinajstić information content (AvgIpc) is 3.23. The van der Waals surface area contributed by atoms with E-state index in [0.29, 0.717) is 58.2 Å². The fraction of sp³-hybridized carbons (Fsp3) is 0.340. The topological polar surface area (TPSA) is 119 Å². The van der Waals surface area contributed by atoms with Crippen molar-refractivity contribution in [1.29, 1.82) is 0 Å². The zero-order chi connectivity index (χ0) is 41.4. The van der Waals surface area contributed by atoms with E-state index in [9.17, 15) is 4.79 Å². The Bertz CT molecular complexity index is 2490. The number of rotatable bonds is 5. The van der Waals surface area contributed by atoms with Crippen molar-refractivity contribution in [3.8, 4) is 57.5 Å². The highest BCUT2D eigenvalue weighted by Gasteiger charge is 2.45. The third-order valence-corrected chi connectivity index (χ3v) is 11.2. The number of hydrogen-bond donors (Lipinski definition) is 0. The molecule has 0 spiro atoms. The molecular formula is C47H46O12. The standard InChI is InChI=1S/C24H24O6.C23H22O6/c1-24(2)9-8-13-16(30-24)7-6-14-22(13)29-20-12-28-17-11-19(26-4)18(25-3)10-15(17)21(20)23(14)27-5;1-23(2)8-7-12-15(29-23)6-5-13-21(24)20-14-9-17(25-3)18(26-4)10-16(14)27-11-19(20)28-22(12)13/h6-11,20H,12H2,1-5H3;5-10,19-20H,11H2,1-4H3/t20-;19-,20+/m11/s1. The molecular weight excluding hydrogens is 757 g/mol. The Kier molecular flexibility index (Phi) is 9.13. The fourth-order valence-electron chi connectivity index (χ4n) is 8.41. The van der Waals surface area contributed by atoms with Gasteiger partial charge in [0, 0.05) is 28.8 Å². The summed E-state index contributed by atoms with van der Waals surface area (Å²) >= 11 is 0. The normalized spacial score (nSPS) is 21.2. The summed E-state index contributed by atoms with van der Waals surface area (Å²) in [7, 11) is 8.04. The van der Waals surface area contributed by atoms with E-state index in [1.165, 1.54) is 0 Å². The maximum atomic E-state index is 13.5. The molecule has 0 unspecified atom stereocenters. The van der Waals surface area contributed by atoms with Crippen LogP contribution in [0.5, 0.6) is 57.5 Å². The van der Waals surface area contributed by atoms with Gasteiger partial charge in [-0.05, 0) is 88.4 Å². The number of benzene rings is 4. The second kappa shape index (κ2) is 14.1. The van der Waals surface area contributed by atoms with E-state index in [2.05, 4.69) is 6.08 Å². The highest BCUT2D eigenvalue weighted by atomic mass is 16.6. The summed E-state index contributed by atoms with van der Waals surface area (Å²) in [5.41, 5.74) is 4.96. The van der Waals surface area contributed by atoms with Gasteiger partial charge >= 0.3 is 0 Å². The van der Waals surface area contributed by atoms with Crippen LogP contribution >= 0.6 is 0 Å². The van der Waals surface area contributed by atoms with Gasteiger partial charge < -0.3 is 52.1 Å². The molecule has 6 heterocycles. The number of methoxy groups -OCH3 is 5. The molecule has 10 rings (SSSR count). The maximum absolute atomic E-state index is 13.5. The highest BCUT2D eigenvalue weighted by molar-refractivity contribution is 6.06. The van der Waals surface area contributed by atoms with Crippen LogP contribution in [-0.2, 0) is 4.74 Å². The number of carbonyl (C=O) groups excluding carboxylic acids is 1. The van der Waals surface area contributed by atoms with Gasteiger partial charge in [0.15, 0.2) is 34.9 Å². The zero-order valence-corrected chi connectivity index (χ0v) is 34.5. The van der Waals surface area contributed by atoms with Gasteiger partial charge in [0.1, 0.15) is 70.8 Å². The minimum absolute atomic E-state index is 0.00838. The van der Waals surface area contributed by atoms with E-state index < -0.39 is 17.6 Å². The average molecular weight is 803 g/mol. The first-order valence-electron chi connectivity index (χ1n) is 19.4. The Morgan fingerprint density at radius 1 is 0.576 bits per heavy atom. The summed E-state index contributed by atoms with van der Waals surface area (Å²) in [6.07, 6.45) is 7.30. The molecule has 0 aromatic heterocycles. The second-order valence-corrected chi connectivity index (χ2v) is 15.9. The van der Waals surface area contributed by atoms with Crippen LogP contribution in [0.1, 0.15) is 71.8 Å². The van der Waals surface area contributed by atoms with E-state index in [1.54, 1.807) is 53.7 Å². The minimum Gasteiger partial charge on any atom is -0.496 e. The van der Waals surface area contributed by atoms with Crippen molar-refractivity contribution in [2.75, 3.05) is 48.8 Å². The second-order valence-electron chi connectivity index (χ2n) is 15.9. The molecule has 306 valence electrons. The van der Waals surface area contributed by atoms with Crippen LogP contribution in [0.15, 0.2) is 60.7 Å². The minimum atomic E-state index is -0.464. The molecule has 0 amide bonds. The van der Waals surface area contributed by atoms with Crippen LogP contribution in [0.2, 0.25) is 0 Å². The smallest absolute Gasteiger partial charge is 0.178 e. The predicted molar refractivity (Wildman–Crippen MR) is 220 cm³/mol. The molecule has 0 radical (unpaired) electrons. The SMILES string of the molecule is COC1=C2c3cc(OC)c(OC)cc3OC[C@H]2Oc2c1ccc1c2C=CC(C)(C)O1.COc1cc2c(cc1OC)[C@@H]1C(=O)c3ccc4c(c3O[C@@H]1CO2)C=CC(C)(C)O4. The molecule has 3 atom stereocenters. The van der Waals surface area contributed by atoms with Crippen molar-refractivity contribution in [3.63, 3.8) is 0 Å². The van der Waals surface area contributed by atoms with E-state index in [1.807, 2.05) is 76.3 Å². The quantitative estimate of drug-likeness (QED) is 0.192. The first kappa shape index (κ1) is 38.1. The number of ketones is 1. The van der Waals surface area contributed by atoms with Crippen molar-refractivity contribution in [2.45, 2.75) is 57.0 Å². The van der Waals surface area contributed by atoms with Crippen molar-refractivity contribution < 1.29 is 56.9 Å². The van der Waals surface area contributed by atoms with Crippen LogP contribution in [0.3, 0.4) is 0 Å². The van der Waals surface area contributed by atoms with E-state index in [4.69, 9.17) is 52.1 Å². The molecule has 0 aliphatic carbocycles. The molecule has 4 aromatic rings. The van der Waals surface area contributed by atoms with Crippen LogP contribution in [-0.4, -0.2) is 78.0 Å². The first-order valence-corrected chi connectivity index (χ1v) is 19.4. The van der Waals surface area contributed by atoms with Gasteiger partial charge in [0.05, 0.1) is 63.7 Å². The van der Waals surface area contributed by atoms with Gasteiger partial charge in [-0.2, -0.15) is 0 Å². The lowest BCUT2D eigenvalue weighted by Crippen LogP contribution is -2.43. The molecule has 6 aliphatic heterocycles. The summed E-state index contributed by atoms with van der Waals surface area (Å²) in [4.78, 5) is 13.5. The molecule has 0 saturated carbocycles. The van der Waals surface area contributed by atoms with Gasteiger partial charge in [0.25, 0.3) is 0 Å². The summed E-state index contributed by atoms with van der Waals surface area (Å²) < 4.78 is 64.5. The predicted octanol–water partition coefficient (Wildman–Crippen LogP) is 8.56. The molecule has 0 N–H and O–H groups in total. The Balaban J connectivity index is 0.000000152. The molecule has 6 aliphatic rings. The van der Waals surface area contributed by atoms with Crippen LogP contribution < -0.4 is 47.4 Å². The molecule has 4 aromatic carbocycles. The molecule has 12 nitrogen and oxygen atoms in total. The van der Waals surface area contributed by atoms with E-state index in [0.717, 1.165) is 50.6 Å². The molecule has 59 heavy (non-hydrogen) atoms. The fourth-order valence-corrected chi connectivity index (χ4v) is 8.41. The van der Waals surface area contributed by atoms with Crippen molar-refractivity contribution in [2.24, 2.45) is 0 Å². The maximum Gasteiger partial charge on any atom is 0.178 e. The van der Waals surface area contributed by atoms with Gasteiger partial charge in [0.2, 0.25) is 0 Å². The van der Waals surface area contributed by atoms with Gasteiger partial charge in [-0.1, -0.05) is 0 Å². The largest absolute Gasteiger partial charge is 0.496 e. The number of hydrogen-bond acceptors (Lipinski definition) is 12. The number of carbonyl (C=O) groups is 1. The highest BCUT2D eigenvalue weighted by Crippen LogP contribution is 2.53. The summed E-state index contributed by atoms with van der Waals surface area (Å²) in [5.74, 6) is 6.81. The Morgan fingerprint density at radius 2 is 1.12 bits per heavy atom. The monoisotopic (exact) mass is 802 g/mol. The van der Waals surface area contributed by atoms with E-state index in [-0.39, 0.29) is 24.1 Å². The molecule has 0 bridgehead atoms. The summed E-state index contributed by atoms with van der Waals surface area (Å²) in [6, 6.07) is 14.9. The lowest BCUT2D eigenvalue weighted by molar-refractivity contribution is 0.0552. The van der Waals surface area contributed by atoms with Gasteiger partial charge in [-0.15, -0.1) is 0 Å². The third-order valence-electron chi connectivity index (χ3n) is 11.2. The van der Waals surface area contributed by atoms with Gasteiger partial charge in [-0.3, -0.25) is 4.79 Å². The number of fused-ring (bicyclic) bond motifs is 12. The third kappa shape index (κ3) is 6.32. The van der Waals surface area contributed by atoms with Crippen LogP contribution in [0.25, 0.3) is 23.5 Å². The summed E-state index contributed by atoms with van der Waals surface area (Å²) in [5, 5.41) is 0. The van der Waals surface area contributed by atoms with E-state index >= 15 is 0 Å². The molecule has 0 fully saturated rings. The van der Waals surface area contributed by atoms with Crippen molar-refractivity contribution in [3.05, 3.63) is 94.1 Å². The lowest BCUT2D eigenvalue weighted by atomic mass is 9.81. The van der Waals surface area contributed by atoms with Crippen LogP contribution in [0.4, 0.5) is 0 Å². The van der Waals surface area contributed by atoms with Crippen molar-refractivity contribution >= 4 is 29.3 Å². The van der Waals surface area contributed by atoms with Crippen LogP contribution in [0, 0.1) is 0 Å². The number of ether oxygens (including phenoxy) is 11. The molecule has 0 saturated heterocycles. The lowest BCUT2D eigenvalue weighted by Gasteiger charge is -2.38. The number of Topliss-reactive ketones (excluding diaryl/α,β-unsaturated/α-hetero) is 1.